The van der Waals surface area contributed by atoms with Crippen LogP contribution in [0.3, 0.4) is 0 Å². The fourth-order valence-corrected chi connectivity index (χ4v) is 1.55. The highest BCUT2D eigenvalue weighted by Gasteiger charge is 2.13. The molecule has 4 nitrogen and oxygen atoms in total. The van der Waals surface area contributed by atoms with Gasteiger partial charge in [0.25, 0.3) is 0 Å². The molecular weight excluding hydrogens is 230 g/mol. The van der Waals surface area contributed by atoms with E-state index in [2.05, 4.69) is 12.1 Å². The van der Waals surface area contributed by atoms with Gasteiger partial charge in [0.1, 0.15) is 6.04 Å². The number of aryl methyl sites for hydroxylation is 1. The Morgan fingerprint density at radius 3 is 2.72 bits per heavy atom. The van der Waals surface area contributed by atoms with Crippen LogP contribution in [0.1, 0.15) is 18.9 Å². The maximum absolute atomic E-state index is 11.2. The maximum Gasteiger partial charge on any atom is 0.325 e. The van der Waals surface area contributed by atoms with Crippen LogP contribution in [-0.2, 0) is 20.7 Å². The molecule has 0 aromatic heterocycles. The lowest BCUT2D eigenvalue weighted by atomic mass is 10.1. The van der Waals surface area contributed by atoms with E-state index in [-0.39, 0.29) is 6.61 Å². The highest BCUT2D eigenvalue weighted by molar-refractivity contribution is 5.75. The maximum atomic E-state index is 11.2. The molecule has 0 bridgehead atoms. The average molecular weight is 251 g/mol. The van der Waals surface area contributed by atoms with Gasteiger partial charge in [-0.2, -0.15) is 0 Å². The topological polar surface area (TPSA) is 61.5 Å². The van der Waals surface area contributed by atoms with Gasteiger partial charge in [-0.25, -0.2) is 0 Å². The first-order chi connectivity index (χ1) is 8.74. The van der Waals surface area contributed by atoms with Gasteiger partial charge in [-0.05, 0) is 25.3 Å². The summed E-state index contributed by atoms with van der Waals surface area (Å²) in [6.45, 7) is 2.92. The molecular formula is C14H21NO3. The first-order valence-electron chi connectivity index (χ1n) is 6.28. The smallest absolute Gasteiger partial charge is 0.325 e. The van der Waals surface area contributed by atoms with Crippen LogP contribution in [0.15, 0.2) is 30.3 Å². The Balaban J connectivity index is 2.07. The third-order valence-electron chi connectivity index (χ3n) is 2.48. The van der Waals surface area contributed by atoms with Crippen molar-refractivity contribution in [2.75, 3.05) is 19.8 Å². The van der Waals surface area contributed by atoms with Crippen molar-refractivity contribution in [2.24, 2.45) is 5.73 Å². The number of carbonyl (C=O) groups is 1. The van der Waals surface area contributed by atoms with Crippen LogP contribution in [-0.4, -0.2) is 31.8 Å². The number of hydrogen-bond donors (Lipinski definition) is 1. The van der Waals surface area contributed by atoms with Crippen molar-refractivity contribution in [3.63, 3.8) is 0 Å². The molecule has 1 unspecified atom stereocenters. The zero-order valence-corrected chi connectivity index (χ0v) is 10.8. The van der Waals surface area contributed by atoms with Gasteiger partial charge in [0, 0.05) is 6.61 Å². The fourth-order valence-electron chi connectivity index (χ4n) is 1.55. The standard InChI is InChI=1S/C14H21NO3/c1-2-18-14(16)13(15)11-17-10-6-9-12-7-4-3-5-8-12/h3-5,7-8,13H,2,6,9-11,15H2,1H3. The molecule has 4 heteroatoms. The number of carbonyl (C=O) groups excluding carboxylic acids is 1. The van der Waals surface area contributed by atoms with Crippen LogP contribution in [0.4, 0.5) is 0 Å². The second kappa shape index (κ2) is 8.66. The second-order valence-electron chi connectivity index (χ2n) is 4.02. The third-order valence-corrected chi connectivity index (χ3v) is 2.48. The first-order valence-corrected chi connectivity index (χ1v) is 6.28. The molecule has 1 aromatic carbocycles. The molecule has 0 amide bonds. The summed E-state index contributed by atoms with van der Waals surface area (Å²) in [6, 6.07) is 9.54. The summed E-state index contributed by atoms with van der Waals surface area (Å²) in [7, 11) is 0. The minimum Gasteiger partial charge on any atom is -0.465 e. The van der Waals surface area contributed by atoms with E-state index in [1.165, 1.54) is 5.56 Å². The molecule has 0 fully saturated rings. The summed E-state index contributed by atoms with van der Waals surface area (Å²) in [6.07, 6.45) is 1.88. The van der Waals surface area contributed by atoms with E-state index < -0.39 is 12.0 Å². The molecule has 2 N–H and O–H groups in total. The molecule has 0 saturated heterocycles. The summed E-state index contributed by atoms with van der Waals surface area (Å²) in [5.74, 6) is -0.402. The summed E-state index contributed by atoms with van der Waals surface area (Å²) in [5.41, 5.74) is 6.88. The number of benzene rings is 1. The molecule has 18 heavy (non-hydrogen) atoms. The van der Waals surface area contributed by atoms with Gasteiger partial charge in [-0.15, -0.1) is 0 Å². The predicted octanol–water partition coefficient (Wildman–Crippen LogP) is 1.53. The van der Waals surface area contributed by atoms with Crippen LogP contribution >= 0.6 is 0 Å². The Morgan fingerprint density at radius 2 is 2.06 bits per heavy atom. The quantitative estimate of drug-likeness (QED) is 0.562. The lowest BCUT2D eigenvalue weighted by molar-refractivity contribution is -0.146. The summed E-state index contributed by atoms with van der Waals surface area (Å²) in [5, 5.41) is 0. The molecule has 100 valence electrons. The van der Waals surface area contributed by atoms with Crippen LogP contribution in [0.5, 0.6) is 0 Å². The average Bonchev–Trinajstić information content (AvgIpc) is 2.39. The summed E-state index contributed by atoms with van der Waals surface area (Å²) >= 11 is 0. The van der Waals surface area contributed by atoms with Gasteiger partial charge in [-0.3, -0.25) is 4.79 Å². The number of rotatable bonds is 8. The van der Waals surface area contributed by atoms with Gasteiger partial charge in [0.2, 0.25) is 0 Å². The SMILES string of the molecule is CCOC(=O)C(N)COCCCc1ccccc1. The largest absolute Gasteiger partial charge is 0.465 e. The Hall–Kier alpha value is -1.39. The number of hydrogen-bond acceptors (Lipinski definition) is 4. The van der Waals surface area contributed by atoms with Crippen LogP contribution in [0, 0.1) is 0 Å². The van der Waals surface area contributed by atoms with Gasteiger partial charge >= 0.3 is 5.97 Å². The minimum absolute atomic E-state index is 0.216. The monoisotopic (exact) mass is 251 g/mol. The Bertz CT molecular complexity index is 340. The molecule has 1 atom stereocenters. The van der Waals surface area contributed by atoms with Gasteiger partial charge in [-0.1, -0.05) is 30.3 Å². The minimum atomic E-state index is -0.679. The van der Waals surface area contributed by atoms with E-state index in [1.807, 2.05) is 18.2 Å². The highest BCUT2D eigenvalue weighted by Crippen LogP contribution is 2.02. The van der Waals surface area contributed by atoms with Crippen LogP contribution in [0.25, 0.3) is 0 Å². The summed E-state index contributed by atoms with van der Waals surface area (Å²) in [4.78, 5) is 11.2. The lowest BCUT2D eigenvalue weighted by Gasteiger charge is -2.10. The Kier molecular flexibility index (Phi) is 7.06. The molecule has 0 aliphatic rings. The van der Waals surface area contributed by atoms with E-state index in [0.717, 1.165) is 12.8 Å². The van der Waals surface area contributed by atoms with Crippen molar-refractivity contribution >= 4 is 5.97 Å². The van der Waals surface area contributed by atoms with Crippen molar-refractivity contribution in [3.05, 3.63) is 35.9 Å². The number of esters is 1. The van der Waals surface area contributed by atoms with E-state index in [1.54, 1.807) is 6.92 Å². The normalized spacial score (nSPS) is 12.1. The second-order valence-corrected chi connectivity index (χ2v) is 4.02. The third kappa shape index (κ3) is 5.80. The van der Waals surface area contributed by atoms with Crippen LogP contribution in [0.2, 0.25) is 0 Å². The molecule has 0 aliphatic heterocycles. The van der Waals surface area contributed by atoms with E-state index in [4.69, 9.17) is 15.2 Å². The molecule has 0 heterocycles. The van der Waals surface area contributed by atoms with Crippen molar-refractivity contribution in [1.82, 2.24) is 0 Å². The zero-order valence-electron chi connectivity index (χ0n) is 10.8. The molecule has 0 aliphatic carbocycles. The molecule has 0 saturated carbocycles. The van der Waals surface area contributed by atoms with Crippen molar-refractivity contribution in [3.8, 4) is 0 Å². The predicted molar refractivity (Wildman–Crippen MR) is 70.2 cm³/mol. The van der Waals surface area contributed by atoms with Crippen molar-refractivity contribution in [1.29, 1.82) is 0 Å². The van der Waals surface area contributed by atoms with Crippen LogP contribution < -0.4 is 5.73 Å². The molecule has 0 radical (unpaired) electrons. The molecule has 1 aromatic rings. The Labute approximate surface area is 108 Å². The van der Waals surface area contributed by atoms with Crippen molar-refractivity contribution < 1.29 is 14.3 Å². The highest BCUT2D eigenvalue weighted by atomic mass is 16.5. The first kappa shape index (κ1) is 14.7. The van der Waals surface area contributed by atoms with Gasteiger partial charge in [0.05, 0.1) is 13.2 Å². The van der Waals surface area contributed by atoms with E-state index in [0.29, 0.717) is 13.2 Å². The molecule has 1 rings (SSSR count). The Morgan fingerprint density at radius 1 is 1.33 bits per heavy atom. The van der Waals surface area contributed by atoms with Gasteiger partial charge < -0.3 is 15.2 Å². The van der Waals surface area contributed by atoms with Gasteiger partial charge in [0.15, 0.2) is 0 Å². The lowest BCUT2D eigenvalue weighted by Crippen LogP contribution is -2.36. The number of nitrogens with two attached hydrogens (primary N) is 1. The van der Waals surface area contributed by atoms with E-state index in [9.17, 15) is 4.79 Å². The zero-order chi connectivity index (χ0) is 13.2. The number of ether oxygens (including phenoxy) is 2. The van der Waals surface area contributed by atoms with E-state index >= 15 is 0 Å². The fraction of sp³-hybridized carbons (Fsp3) is 0.500. The summed E-state index contributed by atoms with van der Waals surface area (Å²) < 4.78 is 10.1. The molecule has 0 spiro atoms. The van der Waals surface area contributed by atoms with Crippen molar-refractivity contribution in [2.45, 2.75) is 25.8 Å².